The second kappa shape index (κ2) is 8.94. The lowest BCUT2D eigenvalue weighted by atomic mass is 10.1. The van der Waals surface area contributed by atoms with Gasteiger partial charge >= 0.3 is 6.03 Å². The van der Waals surface area contributed by atoms with Crippen molar-refractivity contribution >= 4 is 17.6 Å². The van der Waals surface area contributed by atoms with E-state index in [9.17, 15) is 18.4 Å². The lowest BCUT2D eigenvalue weighted by Crippen LogP contribution is -2.35. The highest BCUT2D eigenvalue weighted by Gasteiger charge is 2.13. The maximum absolute atomic E-state index is 13.2. The highest BCUT2D eigenvalue weighted by atomic mass is 19.1. The molecule has 0 saturated heterocycles. The van der Waals surface area contributed by atoms with Crippen LogP contribution in [0, 0.1) is 11.6 Å². The van der Waals surface area contributed by atoms with Crippen LogP contribution in [-0.4, -0.2) is 24.5 Å². The van der Waals surface area contributed by atoms with Crippen molar-refractivity contribution in [2.45, 2.75) is 26.3 Å². The average Bonchev–Trinajstić information content (AvgIpc) is 2.53. The van der Waals surface area contributed by atoms with Crippen LogP contribution in [0.3, 0.4) is 0 Å². The molecule has 0 bridgehead atoms. The fraction of sp³-hybridized carbons (Fsp3) is 0.263. The summed E-state index contributed by atoms with van der Waals surface area (Å²) < 4.78 is 26.3. The van der Waals surface area contributed by atoms with Gasteiger partial charge in [-0.3, -0.25) is 4.79 Å². The Morgan fingerprint density at radius 3 is 2.35 bits per heavy atom. The van der Waals surface area contributed by atoms with Crippen molar-refractivity contribution in [2.75, 3.05) is 11.9 Å². The molecule has 2 rings (SSSR count). The van der Waals surface area contributed by atoms with Gasteiger partial charge in [0.05, 0.1) is 11.3 Å². The molecule has 0 unspecified atom stereocenters. The smallest absolute Gasteiger partial charge is 0.319 e. The third kappa shape index (κ3) is 5.84. The van der Waals surface area contributed by atoms with Gasteiger partial charge < -0.3 is 16.0 Å². The van der Waals surface area contributed by atoms with Crippen LogP contribution in [-0.2, 0) is 6.42 Å². The Labute approximate surface area is 150 Å². The van der Waals surface area contributed by atoms with Gasteiger partial charge in [0.1, 0.15) is 11.6 Å². The molecule has 0 aromatic heterocycles. The monoisotopic (exact) mass is 361 g/mol. The number of anilines is 1. The molecule has 0 radical (unpaired) electrons. The van der Waals surface area contributed by atoms with E-state index in [1.807, 2.05) is 13.8 Å². The van der Waals surface area contributed by atoms with Crippen LogP contribution in [0.4, 0.5) is 19.3 Å². The van der Waals surface area contributed by atoms with Crippen LogP contribution < -0.4 is 16.0 Å². The molecular weight excluding hydrogens is 340 g/mol. The summed E-state index contributed by atoms with van der Waals surface area (Å²) in [5.41, 5.74) is 1.13. The van der Waals surface area contributed by atoms with Crippen molar-refractivity contribution in [3.8, 4) is 0 Å². The summed E-state index contributed by atoms with van der Waals surface area (Å²) in [5.74, 6) is -1.70. The Balaban J connectivity index is 1.97. The number of hydrogen-bond acceptors (Lipinski definition) is 2. The van der Waals surface area contributed by atoms with Gasteiger partial charge in [0.2, 0.25) is 0 Å². The zero-order chi connectivity index (χ0) is 19.1. The van der Waals surface area contributed by atoms with E-state index in [-0.39, 0.29) is 24.9 Å². The molecule has 0 aliphatic carbocycles. The van der Waals surface area contributed by atoms with E-state index >= 15 is 0 Å². The summed E-state index contributed by atoms with van der Waals surface area (Å²) >= 11 is 0. The molecule has 26 heavy (non-hydrogen) atoms. The topological polar surface area (TPSA) is 70.2 Å². The molecule has 138 valence electrons. The minimum atomic E-state index is -0.656. The van der Waals surface area contributed by atoms with E-state index in [1.165, 1.54) is 12.1 Å². The first kappa shape index (κ1) is 19.4. The van der Waals surface area contributed by atoms with E-state index in [4.69, 9.17) is 0 Å². The van der Waals surface area contributed by atoms with Crippen molar-refractivity contribution in [1.29, 1.82) is 0 Å². The minimum Gasteiger partial charge on any atom is -0.352 e. The van der Waals surface area contributed by atoms with Crippen LogP contribution in [0.2, 0.25) is 0 Å². The molecule has 0 spiro atoms. The van der Waals surface area contributed by atoms with E-state index < -0.39 is 17.7 Å². The number of carbonyl (C=O) groups is 2. The largest absolute Gasteiger partial charge is 0.352 e. The van der Waals surface area contributed by atoms with E-state index in [2.05, 4.69) is 16.0 Å². The van der Waals surface area contributed by atoms with Gasteiger partial charge in [-0.15, -0.1) is 0 Å². The van der Waals surface area contributed by atoms with Crippen LogP contribution in [0.5, 0.6) is 0 Å². The highest BCUT2D eigenvalue weighted by molar-refractivity contribution is 6.03. The van der Waals surface area contributed by atoms with Gasteiger partial charge in [-0.1, -0.05) is 12.1 Å². The first-order valence-electron chi connectivity index (χ1n) is 8.25. The fourth-order valence-corrected chi connectivity index (χ4v) is 2.38. The second-order valence-electron chi connectivity index (χ2n) is 6.08. The van der Waals surface area contributed by atoms with Gasteiger partial charge in [-0.05, 0) is 50.1 Å². The molecule has 0 aliphatic rings. The van der Waals surface area contributed by atoms with Crippen molar-refractivity contribution in [3.05, 3.63) is 65.2 Å². The zero-order valence-electron chi connectivity index (χ0n) is 14.6. The van der Waals surface area contributed by atoms with Crippen LogP contribution in [0.1, 0.15) is 29.8 Å². The molecule has 0 atom stereocenters. The molecular formula is C19H21F2N3O2. The van der Waals surface area contributed by atoms with Crippen LogP contribution >= 0.6 is 0 Å². The number of nitrogens with one attached hydrogen (secondary N) is 3. The third-order valence-corrected chi connectivity index (χ3v) is 3.46. The summed E-state index contributed by atoms with van der Waals surface area (Å²) in [4.78, 5) is 24.2. The summed E-state index contributed by atoms with van der Waals surface area (Å²) in [5, 5.41) is 8.00. The molecule has 2 aromatic rings. The van der Waals surface area contributed by atoms with Crippen molar-refractivity contribution < 1.29 is 18.4 Å². The molecule has 0 fully saturated rings. The first-order chi connectivity index (χ1) is 12.3. The highest BCUT2D eigenvalue weighted by Crippen LogP contribution is 2.15. The lowest BCUT2D eigenvalue weighted by Gasteiger charge is -2.13. The SMILES string of the molecule is CC(C)NC(=O)Nc1ccccc1C(=O)NCCc1cc(F)cc(F)c1. The molecule has 0 saturated carbocycles. The maximum atomic E-state index is 13.2. The Morgan fingerprint density at radius 1 is 1.04 bits per heavy atom. The molecule has 3 amide bonds. The molecule has 0 heterocycles. The molecule has 2 aromatic carbocycles. The number of rotatable bonds is 6. The standard InChI is InChI=1S/C19H21F2N3O2/c1-12(2)23-19(26)24-17-6-4-3-5-16(17)18(25)22-8-7-13-9-14(20)11-15(21)10-13/h3-6,9-12H,7-8H2,1-2H3,(H,22,25)(H2,23,24,26). The fourth-order valence-electron chi connectivity index (χ4n) is 2.38. The predicted octanol–water partition coefficient (Wildman–Crippen LogP) is 3.47. The van der Waals surface area contributed by atoms with Crippen LogP contribution in [0.25, 0.3) is 0 Å². The molecule has 5 nitrogen and oxygen atoms in total. The van der Waals surface area contributed by atoms with Crippen molar-refractivity contribution in [1.82, 2.24) is 10.6 Å². The number of para-hydroxylation sites is 1. The Morgan fingerprint density at radius 2 is 1.69 bits per heavy atom. The number of amides is 3. The Hall–Kier alpha value is -2.96. The van der Waals surface area contributed by atoms with Gasteiger partial charge in [-0.2, -0.15) is 0 Å². The predicted molar refractivity (Wildman–Crippen MR) is 96.1 cm³/mol. The van der Waals surface area contributed by atoms with Crippen molar-refractivity contribution in [2.24, 2.45) is 0 Å². The number of benzene rings is 2. The quantitative estimate of drug-likeness (QED) is 0.737. The number of urea groups is 1. The number of carbonyl (C=O) groups excluding carboxylic acids is 2. The van der Waals surface area contributed by atoms with Crippen molar-refractivity contribution in [3.63, 3.8) is 0 Å². The number of halogens is 2. The third-order valence-electron chi connectivity index (χ3n) is 3.46. The zero-order valence-corrected chi connectivity index (χ0v) is 14.6. The summed E-state index contributed by atoms with van der Waals surface area (Å²) in [6.45, 7) is 3.86. The van der Waals surface area contributed by atoms with Gasteiger partial charge in [0.15, 0.2) is 0 Å². The lowest BCUT2D eigenvalue weighted by molar-refractivity contribution is 0.0955. The summed E-state index contributed by atoms with van der Waals surface area (Å²) in [6, 6.07) is 9.39. The van der Waals surface area contributed by atoms with E-state index in [0.29, 0.717) is 16.8 Å². The first-order valence-corrected chi connectivity index (χ1v) is 8.25. The average molecular weight is 361 g/mol. The normalized spacial score (nSPS) is 10.5. The van der Waals surface area contributed by atoms with Gasteiger partial charge in [0.25, 0.3) is 5.91 Å². The Kier molecular flexibility index (Phi) is 6.66. The maximum Gasteiger partial charge on any atom is 0.319 e. The summed E-state index contributed by atoms with van der Waals surface area (Å²) in [7, 11) is 0. The number of hydrogen-bond donors (Lipinski definition) is 3. The second-order valence-corrected chi connectivity index (χ2v) is 6.08. The van der Waals surface area contributed by atoms with E-state index in [1.54, 1.807) is 24.3 Å². The van der Waals surface area contributed by atoms with E-state index in [0.717, 1.165) is 6.07 Å². The molecule has 7 heteroatoms. The van der Waals surface area contributed by atoms with Gasteiger partial charge in [0, 0.05) is 18.7 Å². The minimum absolute atomic E-state index is 0.0392. The molecule has 0 aliphatic heterocycles. The summed E-state index contributed by atoms with van der Waals surface area (Å²) in [6.07, 6.45) is 0.282. The van der Waals surface area contributed by atoms with Crippen LogP contribution in [0.15, 0.2) is 42.5 Å². The van der Waals surface area contributed by atoms with Gasteiger partial charge in [-0.25, -0.2) is 13.6 Å². The Bertz CT molecular complexity index is 774. The molecule has 3 N–H and O–H groups in total.